The van der Waals surface area contributed by atoms with Gasteiger partial charge < -0.3 is 9.67 Å². The van der Waals surface area contributed by atoms with Gasteiger partial charge in [0.05, 0.1) is 17.4 Å². The Morgan fingerprint density at radius 1 is 1.22 bits per heavy atom. The van der Waals surface area contributed by atoms with E-state index in [1.54, 1.807) is 48.4 Å². The molecule has 90 valence electrons. The molecule has 0 amide bonds. The molecule has 0 saturated heterocycles. The summed E-state index contributed by atoms with van der Waals surface area (Å²) in [6.45, 7) is 0. The molecule has 0 aliphatic carbocycles. The number of rotatable bonds is 1. The number of hydrogen-bond donors (Lipinski definition) is 1. The fourth-order valence-electron chi connectivity index (χ4n) is 1.93. The van der Waals surface area contributed by atoms with Crippen molar-refractivity contribution in [2.24, 2.45) is 7.05 Å². The Morgan fingerprint density at radius 2 is 2.06 bits per heavy atom. The number of aryl methyl sites for hydroxylation is 1. The predicted molar refractivity (Wildman–Crippen MR) is 68.0 cm³/mol. The molecule has 5 nitrogen and oxygen atoms in total. The van der Waals surface area contributed by atoms with Crippen LogP contribution in [-0.2, 0) is 7.05 Å². The number of phenols is 1. The molecule has 0 spiro atoms. The van der Waals surface area contributed by atoms with Crippen LogP contribution in [0.25, 0.3) is 16.6 Å². The summed E-state index contributed by atoms with van der Waals surface area (Å²) in [5, 5.41) is 14.5. The van der Waals surface area contributed by atoms with E-state index in [0.29, 0.717) is 0 Å². The Hall–Kier alpha value is -2.56. The molecule has 1 N–H and O–H groups in total. The maximum atomic E-state index is 11.3. The van der Waals surface area contributed by atoms with Crippen molar-refractivity contribution in [3.8, 4) is 11.4 Å². The Morgan fingerprint density at radius 3 is 2.83 bits per heavy atom. The van der Waals surface area contributed by atoms with E-state index in [9.17, 15) is 9.90 Å². The molecular weight excluding hydrogens is 230 g/mol. The molecule has 0 fully saturated rings. The average Bonchev–Trinajstić information content (AvgIpc) is 2.75. The smallest absolute Gasteiger partial charge is 0.250 e. The van der Waals surface area contributed by atoms with Crippen LogP contribution >= 0.6 is 0 Å². The van der Waals surface area contributed by atoms with Crippen LogP contribution in [0.5, 0.6) is 5.75 Å². The van der Waals surface area contributed by atoms with Crippen LogP contribution in [0.1, 0.15) is 0 Å². The number of phenolic OH excluding ortho intramolecular Hbond substituents is 1. The molecular formula is C13H11N3O2. The fourth-order valence-corrected chi connectivity index (χ4v) is 1.93. The van der Waals surface area contributed by atoms with Gasteiger partial charge in [-0.1, -0.05) is 0 Å². The van der Waals surface area contributed by atoms with Gasteiger partial charge in [0.25, 0.3) is 0 Å². The van der Waals surface area contributed by atoms with Crippen LogP contribution in [-0.4, -0.2) is 19.5 Å². The normalized spacial score (nSPS) is 10.9. The largest absolute Gasteiger partial charge is 0.508 e. The average molecular weight is 241 g/mol. The topological polar surface area (TPSA) is 60.1 Å². The Balaban J connectivity index is 2.25. The van der Waals surface area contributed by atoms with Crippen molar-refractivity contribution in [3.63, 3.8) is 0 Å². The van der Waals surface area contributed by atoms with Crippen LogP contribution < -0.4 is 5.56 Å². The maximum absolute atomic E-state index is 11.3. The van der Waals surface area contributed by atoms with E-state index in [1.807, 2.05) is 0 Å². The van der Waals surface area contributed by atoms with Crippen molar-refractivity contribution in [3.05, 3.63) is 53.1 Å². The second kappa shape index (κ2) is 3.73. The third kappa shape index (κ3) is 1.57. The van der Waals surface area contributed by atoms with Gasteiger partial charge in [-0.3, -0.25) is 4.79 Å². The Labute approximate surface area is 103 Å². The molecule has 2 heterocycles. The van der Waals surface area contributed by atoms with E-state index in [1.165, 1.54) is 10.6 Å². The van der Waals surface area contributed by atoms with Crippen molar-refractivity contribution >= 4 is 10.9 Å². The first-order valence-corrected chi connectivity index (χ1v) is 5.49. The standard InChI is InChI=1S/C13H11N3O2/c1-15-8-10(2-5-13(15)18)16-12-4-3-11(17)6-9(12)7-14-16/h2-8,17H,1H3. The van der Waals surface area contributed by atoms with Gasteiger partial charge in [-0.05, 0) is 24.3 Å². The molecule has 2 aromatic heterocycles. The zero-order chi connectivity index (χ0) is 12.7. The van der Waals surface area contributed by atoms with Gasteiger partial charge in [-0.2, -0.15) is 5.10 Å². The van der Waals surface area contributed by atoms with E-state index >= 15 is 0 Å². The van der Waals surface area contributed by atoms with E-state index in [0.717, 1.165) is 16.6 Å². The Kier molecular flexibility index (Phi) is 2.19. The highest BCUT2D eigenvalue weighted by atomic mass is 16.3. The minimum absolute atomic E-state index is 0.0622. The third-order valence-corrected chi connectivity index (χ3v) is 2.87. The van der Waals surface area contributed by atoms with Crippen molar-refractivity contribution in [2.45, 2.75) is 0 Å². The van der Waals surface area contributed by atoms with Crippen LogP contribution in [0.3, 0.4) is 0 Å². The van der Waals surface area contributed by atoms with Crippen LogP contribution in [0, 0.1) is 0 Å². The highest BCUT2D eigenvalue weighted by molar-refractivity contribution is 5.81. The quantitative estimate of drug-likeness (QED) is 0.701. The molecule has 5 heteroatoms. The number of hydrogen-bond acceptors (Lipinski definition) is 3. The lowest BCUT2D eigenvalue weighted by atomic mass is 10.2. The van der Waals surface area contributed by atoms with Crippen LogP contribution in [0.2, 0.25) is 0 Å². The summed E-state index contributed by atoms with van der Waals surface area (Å²) in [5.74, 6) is 0.211. The third-order valence-electron chi connectivity index (χ3n) is 2.87. The molecule has 0 bridgehead atoms. The molecule has 0 radical (unpaired) electrons. The fraction of sp³-hybridized carbons (Fsp3) is 0.0769. The van der Waals surface area contributed by atoms with Crippen molar-refractivity contribution in [2.75, 3.05) is 0 Å². The zero-order valence-corrected chi connectivity index (χ0v) is 9.74. The molecule has 3 rings (SSSR count). The molecule has 0 atom stereocenters. The van der Waals surface area contributed by atoms with Gasteiger partial charge in [0.15, 0.2) is 0 Å². The molecule has 0 unspecified atom stereocenters. The van der Waals surface area contributed by atoms with Gasteiger partial charge in [0, 0.05) is 24.7 Å². The number of fused-ring (bicyclic) bond motifs is 1. The zero-order valence-electron chi connectivity index (χ0n) is 9.74. The summed E-state index contributed by atoms with van der Waals surface area (Å²) < 4.78 is 3.23. The Bertz CT molecular complexity index is 786. The first-order chi connectivity index (χ1) is 8.65. The van der Waals surface area contributed by atoms with Crippen LogP contribution in [0.4, 0.5) is 0 Å². The predicted octanol–water partition coefficient (Wildman–Crippen LogP) is 1.43. The number of nitrogens with zero attached hydrogens (tertiary/aromatic N) is 3. The van der Waals surface area contributed by atoms with Gasteiger partial charge in [-0.15, -0.1) is 0 Å². The number of aromatic nitrogens is 3. The minimum atomic E-state index is -0.0622. The molecule has 0 aliphatic rings. The molecule has 18 heavy (non-hydrogen) atoms. The molecule has 0 aliphatic heterocycles. The number of pyridine rings is 1. The van der Waals surface area contributed by atoms with Gasteiger partial charge in [-0.25, -0.2) is 4.68 Å². The second-order valence-corrected chi connectivity index (χ2v) is 4.14. The molecule has 0 saturated carbocycles. The second-order valence-electron chi connectivity index (χ2n) is 4.14. The minimum Gasteiger partial charge on any atom is -0.508 e. The van der Waals surface area contributed by atoms with Crippen LogP contribution in [0.15, 0.2) is 47.5 Å². The number of aromatic hydroxyl groups is 1. The summed E-state index contributed by atoms with van der Waals surface area (Å²) in [7, 11) is 1.70. The lowest BCUT2D eigenvalue weighted by Crippen LogP contribution is -2.15. The highest BCUT2D eigenvalue weighted by Gasteiger charge is 2.06. The maximum Gasteiger partial charge on any atom is 0.250 e. The van der Waals surface area contributed by atoms with Crippen molar-refractivity contribution in [1.82, 2.24) is 14.3 Å². The van der Waals surface area contributed by atoms with Crippen molar-refractivity contribution in [1.29, 1.82) is 0 Å². The SMILES string of the molecule is Cn1cc(-n2ncc3cc(O)ccc32)ccc1=O. The summed E-state index contributed by atoms with van der Waals surface area (Å²) in [6.07, 6.45) is 3.40. The van der Waals surface area contributed by atoms with E-state index < -0.39 is 0 Å². The monoisotopic (exact) mass is 241 g/mol. The lowest BCUT2D eigenvalue weighted by Gasteiger charge is -2.05. The van der Waals surface area contributed by atoms with E-state index in [4.69, 9.17) is 0 Å². The van der Waals surface area contributed by atoms with Gasteiger partial charge in [0.1, 0.15) is 5.75 Å². The summed E-state index contributed by atoms with van der Waals surface area (Å²) in [6, 6.07) is 8.29. The highest BCUT2D eigenvalue weighted by Crippen LogP contribution is 2.21. The molecule has 1 aromatic carbocycles. The first kappa shape index (κ1) is 10.6. The van der Waals surface area contributed by atoms with E-state index in [-0.39, 0.29) is 11.3 Å². The summed E-state index contributed by atoms with van der Waals surface area (Å²) >= 11 is 0. The van der Waals surface area contributed by atoms with E-state index in [2.05, 4.69) is 5.10 Å². The summed E-state index contributed by atoms with van der Waals surface area (Å²) in [4.78, 5) is 11.3. The van der Waals surface area contributed by atoms with Gasteiger partial charge >= 0.3 is 0 Å². The van der Waals surface area contributed by atoms with Crippen molar-refractivity contribution < 1.29 is 5.11 Å². The lowest BCUT2D eigenvalue weighted by molar-refractivity contribution is 0.476. The summed E-state index contributed by atoms with van der Waals surface area (Å²) in [5.41, 5.74) is 1.62. The number of benzene rings is 1. The van der Waals surface area contributed by atoms with Gasteiger partial charge in [0.2, 0.25) is 5.56 Å². The molecule has 3 aromatic rings. The first-order valence-electron chi connectivity index (χ1n) is 5.49.